The maximum Gasteiger partial charge on any atom is 0.142 e. The van der Waals surface area contributed by atoms with Gasteiger partial charge >= 0.3 is 0 Å². The summed E-state index contributed by atoms with van der Waals surface area (Å²) in [5, 5.41) is 24.2. The molecule has 0 amide bonds. The third-order valence-electron chi connectivity index (χ3n) is 3.01. The zero-order chi connectivity index (χ0) is 14.9. The Hall–Kier alpha value is -2.63. The molecule has 0 aliphatic rings. The van der Waals surface area contributed by atoms with Crippen LogP contribution >= 0.6 is 0 Å². The lowest BCUT2D eigenvalue weighted by Gasteiger charge is -2.06. The normalized spacial score (nSPS) is 10.9. The number of pyridine rings is 2. The average molecular weight is 286 g/mol. The Balaban J connectivity index is 1.75. The molecule has 0 atom stereocenters. The third kappa shape index (κ3) is 4.76. The zero-order valence-electron chi connectivity index (χ0n) is 11.6. The number of aryl methyl sites for hydroxylation is 1. The molecule has 2 heterocycles. The van der Waals surface area contributed by atoms with Crippen molar-refractivity contribution in [3.63, 3.8) is 0 Å². The van der Waals surface area contributed by atoms with Gasteiger partial charge in [-0.2, -0.15) is 0 Å². The third-order valence-corrected chi connectivity index (χ3v) is 3.01. The lowest BCUT2D eigenvalue weighted by molar-refractivity contribution is 0.321. The molecule has 6 heteroatoms. The summed E-state index contributed by atoms with van der Waals surface area (Å²) in [6, 6.07) is 7.21. The van der Waals surface area contributed by atoms with E-state index >= 15 is 0 Å². The molecular formula is C15H18N4O2. The Bertz CT molecular complexity index is 587. The predicted molar refractivity (Wildman–Crippen MR) is 80.9 cm³/mol. The predicted octanol–water partition coefficient (Wildman–Crippen LogP) is 2.43. The van der Waals surface area contributed by atoms with Crippen LogP contribution in [-0.4, -0.2) is 33.0 Å². The van der Waals surface area contributed by atoms with Crippen LogP contribution in [0.5, 0.6) is 5.75 Å². The second-order valence-electron chi connectivity index (χ2n) is 4.57. The molecule has 2 aromatic rings. The molecule has 0 fully saturated rings. The molecule has 0 aromatic carbocycles. The van der Waals surface area contributed by atoms with E-state index in [1.807, 2.05) is 12.1 Å². The number of nitrogens with zero attached hydrogens (tertiary/aromatic N) is 3. The van der Waals surface area contributed by atoms with Crippen molar-refractivity contribution in [1.82, 2.24) is 9.97 Å². The first-order valence-electron chi connectivity index (χ1n) is 6.80. The van der Waals surface area contributed by atoms with Crippen molar-refractivity contribution in [3.05, 3.63) is 48.0 Å². The lowest BCUT2D eigenvalue weighted by atomic mass is 10.1. The second-order valence-corrected chi connectivity index (χ2v) is 4.57. The van der Waals surface area contributed by atoms with E-state index < -0.39 is 0 Å². The molecule has 0 aliphatic carbocycles. The number of hydrogen-bond acceptors (Lipinski definition) is 6. The van der Waals surface area contributed by atoms with Gasteiger partial charge in [0.25, 0.3) is 0 Å². The molecule has 21 heavy (non-hydrogen) atoms. The number of nitrogens with one attached hydrogen (secondary N) is 1. The zero-order valence-corrected chi connectivity index (χ0v) is 11.6. The van der Waals surface area contributed by atoms with E-state index in [9.17, 15) is 5.11 Å². The SMILES string of the molecule is O/N=C/c1nc(CCCCNc2ccncc2)ccc1O. The minimum Gasteiger partial charge on any atom is -0.506 e. The van der Waals surface area contributed by atoms with Crippen molar-refractivity contribution < 1.29 is 10.3 Å². The van der Waals surface area contributed by atoms with Crippen molar-refractivity contribution in [3.8, 4) is 5.75 Å². The molecule has 2 rings (SSSR count). The van der Waals surface area contributed by atoms with Crippen molar-refractivity contribution >= 4 is 11.9 Å². The Morgan fingerprint density at radius 1 is 1.14 bits per heavy atom. The van der Waals surface area contributed by atoms with Gasteiger partial charge in [-0.3, -0.25) is 4.98 Å². The van der Waals surface area contributed by atoms with Gasteiger partial charge < -0.3 is 15.6 Å². The minimum atomic E-state index is 0.0101. The van der Waals surface area contributed by atoms with E-state index in [1.165, 1.54) is 0 Å². The smallest absolute Gasteiger partial charge is 0.142 e. The fourth-order valence-electron chi connectivity index (χ4n) is 1.93. The van der Waals surface area contributed by atoms with Gasteiger partial charge in [0.1, 0.15) is 11.4 Å². The second kappa shape index (κ2) is 7.84. The van der Waals surface area contributed by atoms with Crippen LogP contribution in [-0.2, 0) is 6.42 Å². The van der Waals surface area contributed by atoms with Crippen LogP contribution in [0.25, 0.3) is 0 Å². The number of rotatable bonds is 7. The Labute approximate surface area is 123 Å². The molecule has 0 saturated carbocycles. The maximum atomic E-state index is 9.52. The number of aromatic nitrogens is 2. The largest absolute Gasteiger partial charge is 0.506 e. The van der Waals surface area contributed by atoms with Crippen LogP contribution in [0.3, 0.4) is 0 Å². The van der Waals surface area contributed by atoms with Crippen LogP contribution in [0.2, 0.25) is 0 Å². The molecule has 0 bridgehead atoms. The van der Waals surface area contributed by atoms with E-state index in [1.54, 1.807) is 24.5 Å². The van der Waals surface area contributed by atoms with Gasteiger partial charge in [-0.1, -0.05) is 5.16 Å². The number of anilines is 1. The summed E-state index contributed by atoms with van der Waals surface area (Å²) in [4.78, 5) is 8.19. The monoisotopic (exact) mass is 286 g/mol. The Kier molecular flexibility index (Phi) is 5.51. The average Bonchev–Trinajstić information content (AvgIpc) is 2.51. The summed E-state index contributed by atoms with van der Waals surface area (Å²) in [6.45, 7) is 0.882. The van der Waals surface area contributed by atoms with E-state index in [0.717, 1.165) is 43.4 Å². The van der Waals surface area contributed by atoms with Crippen LogP contribution < -0.4 is 5.32 Å². The number of unbranched alkanes of at least 4 members (excludes halogenated alkanes) is 1. The van der Waals surface area contributed by atoms with Crippen molar-refractivity contribution in [1.29, 1.82) is 0 Å². The molecule has 2 aromatic heterocycles. The van der Waals surface area contributed by atoms with Gasteiger partial charge in [0.05, 0.1) is 6.21 Å². The van der Waals surface area contributed by atoms with Gasteiger partial charge in [0.15, 0.2) is 0 Å². The summed E-state index contributed by atoms with van der Waals surface area (Å²) in [7, 11) is 0. The summed E-state index contributed by atoms with van der Waals surface area (Å²) in [6.07, 6.45) is 7.44. The summed E-state index contributed by atoms with van der Waals surface area (Å²) >= 11 is 0. The quantitative estimate of drug-likeness (QED) is 0.315. The van der Waals surface area contributed by atoms with Gasteiger partial charge in [-0.15, -0.1) is 0 Å². The first-order valence-corrected chi connectivity index (χ1v) is 6.80. The molecule has 0 saturated heterocycles. The molecule has 0 radical (unpaired) electrons. The first kappa shape index (κ1) is 14.8. The van der Waals surface area contributed by atoms with Crippen molar-refractivity contribution in [2.45, 2.75) is 19.3 Å². The van der Waals surface area contributed by atoms with E-state index in [0.29, 0.717) is 0 Å². The number of oxime groups is 1. The summed E-state index contributed by atoms with van der Waals surface area (Å²) in [5.74, 6) is 0.0101. The highest BCUT2D eigenvalue weighted by Crippen LogP contribution is 2.14. The highest BCUT2D eigenvalue weighted by atomic mass is 16.4. The van der Waals surface area contributed by atoms with Crippen molar-refractivity contribution in [2.24, 2.45) is 5.16 Å². The molecule has 3 N–H and O–H groups in total. The first-order chi connectivity index (χ1) is 10.3. The standard InChI is InChI=1S/C15H18N4O2/c20-15-5-4-13(19-14(15)11-18-21)3-1-2-8-17-12-6-9-16-10-7-12/h4-7,9-11,20-21H,1-3,8H2,(H,16,17)/b18-11+. The van der Waals surface area contributed by atoms with Gasteiger partial charge in [0.2, 0.25) is 0 Å². The van der Waals surface area contributed by atoms with Crippen LogP contribution in [0.15, 0.2) is 41.8 Å². The Morgan fingerprint density at radius 3 is 2.71 bits per heavy atom. The fourth-order valence-corrected chi connectivity index (χ4v) is 1.93. The fraction of sp³-hybridized carbons (Fsp3) is 0.267. The van der Waals surface area contributed by atoms with Gasteiger partial charge in [0, 0.05) is 30.3 Å². The van der Waals surface area contributed by atoms with Gasteiger partial charge in [-0.25, -0.2) is 4.98 Å². The summed E-state index contributed by atoms with van der Waals surface area (Å²) < 4.78 is 0. The number of aromatic hydroxyl groups is 1. The maximum absolute atomic E-state index is 9.52. The summed E-state index contributed by atoms with van der Waals surface area (Å²) in [5.41, 5.74) is 2.21. The number of hydrogen-bond donors (Lipinski definition) is 3. The molecular weight excluding hydrogens is 268 g/mol. The highest BCUT2D eigenvalue weighted by molar-refractivity contribution is 5.80. The van der Waals surface area contributed by atoms with Crippen LogP contribution in [0.4, 0.5) is 5.69 Å². The van der Waals surface area contributed by atoms with Crippen molar-refractivity contribution in [2.75, 3.05) is 11.9 Å². The lowest BCUT2D eigenvalue weighted by Crippen LogP contribution is -2.03. The van der Waals surface area contributed by atoms with Gasteiger partial charge in [-0.05, 0) is 43.5 Å². The molecule has 6 nitrogen and oxygen atoms in total. The molecule has 0 aliphatic heterocycles. The van der Waals surface area contributed by atoms with E-state index in [4.69, 9.17) is 5.21 Å². The Morgan fingerprint density at radius 2 is 1.95 bits per heavy atom. The highest BCUT2D eigenvalue weighted by Gasteiger charge is 2.03. The topological polar surface area (TPSA) is 90.6 Å². The van der Waals surface area contributed by atoms with Crippen LogP contribution in [0, 0.1) is 0 Å². The van der Waals surface area contributed by atoms with E-state index in [-0.39, 0.29) is 11.4 Å². The van der Waals surface area contributed by atoms with Crippen LogP contribution in [0.1, 0.15) is 24.2 Å². The molecule has 0 unspecified atom stereocenters. The molecule has 0 spiro atoms. The molecule has 110 valence electrons. The van der Waals surface area contributed by atoms with E-state index in [2.05, 4.69) is 20.4 Å². The minimum absolute atomic E-state index is 0.0101.